The van der Waals surface area contributed by atoms with Crippen molar-refractivity contribution in [1.29, 1.82) is 0 Å². The Morgan fingerprint density at radius 3 is 3.00 bits per heavy atom. The zero-order chi connectivity index (χ0) is 7.56. The van der Waals surface area contributed by atoms with E-state index in [1.165, 1.54) is 18.4 Å². The van der Waals surface area contributed by atoms with E-state index >= 15 is 0 Å². The fraction of sp³-hybridized carbons (Fsp3) is 0.200. The number of esters is 1. The molecular formula is C5H6BNO2S. The van der Waals surface area contributed by atoms with Crippen LogP contribution in [-0.2, 0) is 4.74 Å². The summed E-state index contributed by atoms with van der Waals surface area (Å²) in [5, 5.41) is 1.68. The first-order valence-electron chi connectivity index (χ1n) is 2.74. The average Bonchev–Trinajstić information content (AvgIpc) is 2.34. The molecule has 1 heterocycles. The molecule has 0 aromatic carbocycles. The van der Waals surface area contributed by atoms with Crippen LogP contribution in [-0.4, -0.2) is 25.9 Å². The van der Waals surface area contributed by atoms with E-state index in [-0.39, 0.29) is 5.97 Å². The number of carbonyl (C=O) groups excluding carboxylic acids is 1. The first kappa shape index (κ1) is 7.27. The molecule has 5 heteroatoms. The first-order valence-corrected chi connectivity index (χ1v) is 3.62. The molecule has 0 atom stereocenters. The smallest absolute Gasteiger partial charge is 0.357 e. The first-order chi connectivity index (χ1) is 4.74. The lowest BCUT2D eigenvalue weighted by molar-refractivity contribution is 0.0595. The molecular weight excluding hydrogens is 149 g/mol. The molecule has 0 N–H and O–H groups in total. The Hall–Kier alpha value is -0.835. The maximum Gasteiger partial charge on any atom is 0.357 e. The minimum atomic E-state index is -0.371. The van der Waals surface area contributed by atoms with Gasteiger partial charge in [0.15, 0.2) is 13.5 Å². The summed E-state index contributed by atoms with van der Waals surface area (Å²) in [5.41, 5.74) is 0.394. The zero-order valence-electron chi connectivity index (χ0n) is 5.75. The third kappa shape index (κ3) is 1.36. The summed E-state index contributed by atoms with van der Waals surface area (Å²) in [6, 6.07) is 0. The van der Waals surface area contributed by atoms with Gasteiger partial charge in [-0.25, -0.2) is 9.78 Å². The van der Waals surface area contributed by atoms with Crippen LogP contribution in [0, 0.1) is 0 Å². The van der Waals surface area contributed by atoms with Crippen LogP contribution in [0.15, 0.2) is 5.38 Å². The number of ether oxygens (including phenoxy) is 1. The molecule has 0 spiro atoms. The van der Waals surface area contributed by atoms with Gasteiger partial charge in [-0.1, -0.05) is 0 Å². The van der Waals surface area contributed by atoms with Crippen molar-refractivity contribution in [1.82, 2.24) is 4.98 Å². The van der Waals surface area contributed by atoms with E-state index < -0.39 is 0 Å². The van der Waals surface area contributed by atoms with Gasteiger partial charge in [-0.15, -0.1) is 11.3 Å². The molecule has 0 aliphatic rings. The van der Waals surface area contributed by atoms with Crippen molar-refractivity contribution in [3.8, 4) is 0 Å². The zero-order valence-corrected chi connectivity index (χ0v) is 6.57. The van der Waals surface area contributed by atoms with Crippen molar-refractivity contribution < 1.29 is 9.53 Å². The number of carbonyl (C=O) groups is 1. The fourth-order valence-corrected chi connectivity index (χ4v) is 1.14. The number of rotatable bonds is 1. The third-order valence-electron chi connectivity index (χ3n) is 1.01. The van der Waals surface area contributed by atoms with Gasteiger partial charge >= 0.3 is 5.97 Å². The van der Waals surface area contributed by atoms with E-state index in [2.05, 4.69) is 9.72 Å². The molecule has 0 aliphatic carbocycles. The second kappa shape index (κ2) is 2.83. The lowest BCUT2D eigenvalue weighted by Crippen LogP contribution is -2.06. The molecule has 1 aromatic rings. The van der Waals surface area contributed by atoms with Gasteiger partial charge in [-0.3, -0.25) is 0 Å². The van der Waals surface area contributed by atoms with Crippen molar-refractivity contribution in [3.05, 3.63) is 11.1 Å². The number of aromatic nitrogens is 1. The third-order valence-corrected chi connectivity index (χ3v) is 1.79. The number of methoxy groups -OCH3 is 1. The summed E-state index contributed by atoms with van der Waals surface area (Å²) < 4.78 is 4.45. The number of hydrogen-bond acceptors (Lipinski definition) is 4. The highest BCUT2D eigenvalue weighted by Gasteiger charge is 2.07. The van der Waals surface area contributed by atoms with Crippen molar-refractivity contribution in [3.63, 3.8) is 0 Å². The Morgan fingerprint density at radius 1 is 1.90 bits per heavy atom. The monoisotopic (exact) mass is 155 g/mol. The SMILES string of the molecule is Bc1nc(C(=O)OC)cs1. The Bertz CT molecular complexity index is 248. The molecule has 1 rings (SSSR count). The van der Waals surface area contributed by atoms with Crippen LogP contribution in [0.4, 0.5) is 0 Å². The Morgan fingerprint density at radius 2 is 2.60 bits per heavy atom. The summed E-state index contributed by atoms with van der Waals surface area (Å²) in [4.78, 5) is 15.5. The summed E-state index contributed by atoms with van der Waals surface area (Å²) in [6.07, 6.45) is 0. The molecule has 0 fully saturated rings. The minimum absolute atomic E-state index is 0.371. The molecule has 0 radical (unpaired) electrons. The quantitative estimate of drug-likeness (QED) is 0.393. The summed E-state index contributed by atoms with van der Waals surface area (Å²) >= 11 is 1.44. The molecule has 0 aliphatic heterocycles. The van der Waals surface area contributed by atoms with Crippen molar-refractivity contribution in [2.45, 2.75) is 0 Å². The number of nitrogens with zero attached hydrogens (tertiary/aromatic N) is 1. The van der Waals surface area contributed by atoms with Gasteiger partial charge < -0.3 is 4.74 Å². The van der Waals surface area contributed by atoms with Crippen LogP contribution in [0.2, 0.25) is 0 Å². The van der Waals surface area contributed by atoms with Gasteiger partial charge in [0.2, 0.25) is 0 Å². The molecule has 52 valence electrons. The maximum atomic E-state index is 10.7. The number of hydrogen-bond donors (Lipinski definition) is 0. The van der Waals surface area contributed by atoms with Gasteiger partial charge in [0.05, 0.1) is 7.11 Å². The summed E-state index contributed by atoms with van der Waals surface area (Å²) in [7, 11) is 3.19. The maximum absolute atomic E-state index is 10.7. The van der Waals surface area contributed by atoms with Gasteiger partial charge in [-0.2, -0.15) is 0 Å². The standard InChI is InChI=1S/C5H6BNO2S/c1-9-4(8)3-2-10-5(6)7-3/h2H,6H2,1H3. The highest BCUT2D eigenvalue weighted by Crippen LogP contribution is 1.98. The Kier molecular flexibility index (Phi) is 2.06. The molecule has 0 bridgehead atoms. The number of thiazole rings is 1. The molecule has 0 saturated carbocycles. The highest BCUT2D eigenvalue weighted by atomic mass is 32.1. The fourth-order valence-electron chi connectivity index (χ4n) is 0.562. The molecule has 0 amide bonds. The van der Waals surface area contributed by atoms with E-state index in [0.29, 0.717) is 5.69 Å². The largest absolute Gasteiger partial charge is 0.464 e. The Balaban J connectivity index is 2.85. The van der Waals surface area contributed by atoms with Crippen LogP contribution in [0.25, 0.3) is 0 Å². The van der Waals surface area contributed by atoms with E-state index in [9.17, 15) is 4.79 Å². The summed E-state index contributed by atoms with van der Waals surface area (Å²) in [6.45, 7) is 0. The van der Waals surface area contributed by atoms with Crippen LogP contribution in [0.3, 0.4) is 0 Å². The second-order valence-electron chi connectivity index (χ2n) is 1.74. The van der Waals surface area contributed by atoms with Crippen LogP contribution >= 0.6 is 11.3 Å². The average molecular weight is 155 g/mol. The predicted molar refractivity (Wildman–Crippen MR) is 41.6 cm³/mol. The van der Waals surface area contributed by atoms with E-state index in [1.54, 1.807) is 5.38 Å². The minimum Gasteiger partial charge on any atom is -0.464 e. The summed E-state index contributed by atoms with van der Waals surface area (Å²) in [5.74, 6) is -0.371. The molecule has 0 unspecified atom stereocenters. The van der Waals surface area contributed by atoms with Crippen molar-refractivity contribution in [2.75, 3.05) is 7.11 Å². The van der Waals surface area contributed by atoms with Crippen LogP contribution < -0.4 is 4.91 Å². The van der Waals surface area contributed by atoms with Gasteiger partial charge in [0.25, 0.3) is 0 Å². The van der Waals surface area contributed by atoms with Crippen LogP contribution in [0.1, 0.15) is 10.5 Å². The Labute approximate surface area is 63.4 Å². The van der Waals surface area contributed by atoms with Gasteiger partial charge in [0.1, 0.15) is 0 Å². The second-order valence-corrected chi connectivity index (χ2v) is 2.81. The normalized spacial score (nSPS) is 9.30. The van der Waals surface area contributed by atoms with Gasteiger partial charge in [0, 0.05) is 10.3 Å². The van der Waals surface area contributed by atoms with E-state index in [1.807, 2.05) is 7.85 Å². The highest BCUT2D eigenvalue weighted by molar-refractivity contribution is 7.17. The molecule has 3 nitrogen and oxygen atoms in total. The van der Waals surface area contributed by atoms with Crippen LogP contribution in [0.5, 0.6) is 0 Å². The topological polar surface area (TPSA) is 39.2 Å². The van der Waals surface area contributed by atoms with E-state index in [0.717, 1.165) is 4.91 Å². The lowest BCUT2D eigenvalue weighted by Gasteiger charge is -1.90. The predicted octanol–water partition coefficient (Wildman–Crippen LogP) is -0.812. The molecule has 0 saturated heterocycles. The van der Waals surface area contributed by atoms with E-state index in [4.69, 9.17) is 0 Å². The molecule has 10 heavy (non-hydrogen) atoms. The molecule has 1 aromatic heterocycles. The van der Waals surface area contributed by atoms with Crippen molar-refractivity contribution >= 4 is 30.1 Å². The van der Waals surface area contributed by atoms with Crippen molar-refractivity contribution in [2.24, 2.45) is 0 Å². The lowest BCUT2D eigenvalue weighted by atomic mass is 10.2. The van der Waals surface area contributed by atoms with Gasteiger partial charge in [-0.05, 0) is 0 Å².